The molecule has 0 radical (unpaired) electrons. The van der Waals surface area contributed by atoms with Gasteiger partial charge in [-0.25, -0.2) is 14.6 Å². The predicted octanol–water partition coefficient (Wildman–Crippen LogP) is 1.96. The highest BCUT2D eigenvalue weighted by Crippen LogP contribution is 2.23. The van der Waals surface area contributed by atoms with Gasteiger partial charge in [-0.05, 0) is 24.3 Å². The number of aryl methyl sites for hydroxylation is 1. The highest BCUT2D eigenvalue weighted by Gasteiger charge is 2.12. The molecule has 0 spiro atoms. The molecule has 26 heavy (non-hydrogen) atoms. The second-order valence-electron chi connectivity index (χ2n) is 5.28. The molecular weight excluding hydrogens is 358 g/mol. The van der Waals surface area contributed by atoms with Crippen molar-refractivity contribution in [3.05, 3.63) is 69.4 Å². The van der Waals surface area contributed by atoms with Crippen molar-refractivity contribution < 1.29 is 9.59 Å². The van der Waals surface area contributed by atoms with Crippen LogP contribution in [0, 0.1) is 0 Å². The van der Waals surface area contributed by atoms with Gasteiger partial charge in [0.2, 0.25) is 0 Å². The summed E-state index contributed by atoms with van der Waals surface area (Å²) in [5.74, 6) is -0.286. The summed E-state index contributed by atoms with van der Waals surface area (Å²) >= 11 is 6.03. The first kappa shape index (κ1) is 17.4. The van der Waals surface area contributed by atoms with Gasteiger partial charge in [0.15, 0.2) is 12.1 Å². The fourth-order valence-corrected chi connectivity index (χ4v) is 2.40. The molecule has 9 heteroatoms. The van der Waals surface area contributed by atoms with Crippen molar-refractivity contribution in [2.45, 2.75) is 0 Å². The molecule has 130 valence electrons. The summed E-state index contributed by atoms with van der Waals surface area (Å²) in [6.45, 7) is 0. The van der Waals surface area contributed by atoms with E-state index in [4.69, 9.17) is 11.6 Å². The van der Waals surface area contributed by atoms with Crippen LogP contribution < -0.4 is 10.9 Å². The quantitative estimate of drug-likeness (QED) is 0.704. The third kappa shape index (κ3) is 3.65. The van der Waals surface area contributed by atoms with Gasteiger partial charge in [-0.15, -0.1) is 0 Å². The zero-order valence-electron chi connectivity index (χ0n) is 13.5. The molecule has 2 heterocycles. The standard InChI is InChI=1S/C17H12ClN5O3/c1-23-16(25)5-4-15(22-23)21-17(26)14-7-13(19-9-20-14)10-2-3-11(8-24)12(18)6-10/h2-9H,1H3,(H,21,22,26). The average Bonchev–Trinajstić information content (AvgIpc) is 2.64. The molecule has 3 rings (SSSR count). The van der Waals surface area contributed by atoms with Gasteiger partial charge < -0.3 is 5.32 Å². The number of aldehydes is 1. The van der Waals surface area contributed by atoms with Crippen LogP contribution in [0.2, 0.25) is 5.02 Å². The van der Waals surface area contributed by atoms with Crippen molar-refractivity contribution in [3.63, 3.8) is 0 Å². The highest BCUT2D eigenvalue weighted by molar-refractivity contribution is 6.33. The first-order chi connectivity index (χ1) is 12.5. The SMILES string of the molecule is Cn1nc(NC(=O)c2cc(-c3ccc(C=O)c(Cl)c3)ncn2)ccc1=O. The van der Waals surface area contributed by atoms with Crippen LogP contribution >= 0.6 is 11.6 Å². The van der Waals surface area contributed by atoms with Gasteiger partial charge in [-0.1, -0.05) is 17.7 Å². The van der Waals surface area contributed by atoms with Crippen molar-refractivity contribution in [1.82, 2.24) is 19.7 Å². The molecule has 1 aromatic carbocycles. The molecule has 0 aliphatic carbocycles. The van der Waals surface area contributed by atoms with Crippen LogP contribution in [0.4, 0.5) is 5.82 Å². The van der Waals surface area contributed by atoms with Crippen LogP contribution in [0.3, 0.4) is 0 Å². The molecular formula is C17H12ClN5O3. The number of amides is 1. The minimum absolute atomic E-state index is 0.112. The molecule has 2 aromatic heterocycles. The van der Waals surface area contributed by atoms with Crippen LogP contribution in [0.15, 0.2) is 47.5 Å². The number of rotatable bonds is 4. The number of halogens is 1. The Balaban J connectivity index is 1.87. The molecule has 0 aliphatic heterocycles. The first-order valence-corrected chi connectivity index (χ1v) is 7.78. The van der Waals surface area contributed by atoms with E-state index in [1.165, 1.54) is 31.6 Å². The Morgan fingerprint density at radius 3 is 2.69 bits per heavy atom. The first-order valence-electron chi connectivity index (χ1n) is 7.41. The summed E-state index contributed by atoms with van der Waals surface area (Å²) in [4.78, 5) is 42.6. The van der Waals surface area contributed by atoms with Gasteiger partial charge in [-0.2, -0.15) is 5.10 Å². The maximum Gasteiger partial charge on any atom is 0.275 e. The topological polar surface area (TPSA) is 107 Å². The Hall–Kier alpha value is -3.39. The molecule has 3 aromatic rings. The molecule has 0 fully saturated rings. The zero-order chi connectivity index (χ0) is 18.7. The molecule has 1 N–H and O–H groups in total. The van der Waals surface area contributed by atoms with Gasteiger partial charge >= 0.3 is 0 Å². The smallest absolute Gasteiger partial charge is 0.275 e. The number of hydrogen-bond acceptors (Lipinski definition) is 6. The summed E-state index contributed by atoms with van der Waals surface area (Å²) in [5, 5.41) is 6.78. The van der Waals surface area contributed by atoms with Gasteiger partial charge in [0.05, 0.1) is 10.7 Å². The third-order valence-corrected chi connectivity index (χ3v) is 3.85. The van der Waals surface area contributed by atoms with E-state index in [9.17, 15) is 14.4 Å². The average molecular weight is 370 g/mol. The van der Waals surface area contributed by atoms with Crippen molar-refractivity contribution in [2.24, 2.45) is 7.05 Å². The minimum atomic E-state index is -0.504. The lowest BCUT2D eigenvalue weighted by Gasteiger charge is -2.07. The Labute approximate surface area is 152 Å². The van der Waals surface area contributed by atoms with Gasteiger partial charge in [0.1, 0.15) is 12.0 Å². The largest absolute Gasteiger partial charge is 0.304 e. The van der Waals surface area contributed by atoms with Crippen LogP contribution in [0.25, 0.3) is 11.3 Å². The number of anilines is 1. The van der Waals surface area contributed by atoms with Gasteiger partial charge in [0.25, 0.3) is 11.5 Å². The van der Waals surface area contributed by atoms with Crippen molar-refractivity contribution in [1.29, 1.82) is 0 Å². The van der Waals surface area contributed by atoms with E-state index in [1.807, 2.05) is 0 Å². The lowest BCUT2D eigenvalue weighted by atomic mass is 10.1. The van der Waals surface area contributed by atoms with Gasteiger partial charge in [-0.3, -0.25) is 14.4 Å². The Morgan fingerprint density at radius 2 is 2.00 bits per heavy atom. The lowest BCUT2D eigenvalue weighted by Crippen LogP contribution is -2.22. The molecule has 0 atom stereocenters. The van der Waals surface area contributed by atoms with Crippen LogP contribution in [0.1, 0.15) is 20.8 Å². The lowest BCUT2D eigenvalue weighted by molar-refractivity contribution is 0.102. The number of benzene rings is 1. The van der Waals surface area contributed by atoms with Crippen LogP contribution in [-0.2, 0) is 7.05 Å². The second kappa shape index (κ2) is 7.24. The maximum atomic E-state index is 12.4. The highest BCUT2D eigenvalue weighted by atomic mass is 35.5. The molecule has 0 saturated heterocycles. The fourth-order valence-electron chi connectivity index (χ4n) is 2.17. The summed E-state index contributed by atoms with van der Waals surface area (Å²) in [6.07, 6.45) is 1.91. The van der Waals surface area contributed by atoms with E-state index >= 15 is 0 Å². The molecule has 0 bridgehead atoms. The van der Waals surface area contributed by atoms with Crippen molar-refractivity contribution in [2.75, 3.05) is 5.32 Å². The van der Waals surface area contributed by atoms with E-state index in [0.717, 1.165) is 4.68 Å². The molecule has 0 unspecified atom stereocenters. The minimum Gasteiger partial charge on any atom is -0.304 e. The fraction of sp³-hybridized carbons (Fsp3) is 0.0588. The zero-order valence-corrected chi connectivity index (χ0v) is 14.3. The Kier molecular flexibility index (Phi) is 4.85. The van der Waals surface area contributed by atoms with E-state index in [-0.39, 0.29) is 22.1 Å². The van der Waals surface area contributed by atoms with Crippen LogP contribution in [-0.4, -0.2) is 31.9 Å². The maximum absolute atomic E-state index is 12.4. The number of carbonyl (C=O) groups excluding carboxylic acids is 2. The third-order valence-electron chi connectivity index (χ3n) is 3.52. The number of hydrogen-bond donors (Lipinski definition) is 1. The molecule has 1 amide bonds. The van der Waals surface area contributed by atoms with Crippen LogP contribution in [0.5, 0.6) is 0 Å². The molecule has 8 nitrogen and oxygen atoms in total. The summed E-state index contributed by atoms with van der Waals surface area (Å²) in [6, 6.07) is 9.02. The summed E-state index contributed by atoms with van der Waals surface area (Å²) < 4.78 is 1.11. The summed E-state index contributed by atoms with van der Waals surface area (Å²) in [7, 11) is 1.48. The van der Waals surface area contributed by atoms with E-state index in [0.29, 0.717) is 23.1 Å². The number of nitrogens with zero attached hydrogens (tertiary/aromatic N) is 4. The van der Waals surface area contributed by atoms with Crippen molar-refractivity contribution in [3.8, 4) is 11.3 Å². The summed E-state index contributed by atoms with van der Waals surface area (Å²) in [5.41, 5.74) is 1.29. The van der Waals surface area contributed by atoms with Crippen molar-refractivity contribution >= 4 is 29.6 Å². The number of nitrogens with one attached hydrogen (secondary N) is 1. The Bertz CT molecular complexity index is 1060. The molecule has 0 aliphatic rings. The monoisotopic (exact) mass is 369 g/mol. The Morgan fingerprint density at radius 1 is 1.19 bits per heavy atom. The number of aromatic nitrogens is 4. The molecule has 0 saturated carbocycles. The van der Waals surface area contributed by atoms with E-state index in [1.54, 1.807) is 18.2 Å². The number of carbonyl (C=O) groups is 2. The second-order valence-corrected chi connectivity index (χ2v) is 5.68. The normalized spacial score (nSPS) is 10.4. The van der Waals surface area contributed by atoms with Gasteiger partial charge in [0, 0.05) is 24.2 Å². The van der Waals surface area contributed by atoms with E-state index < -0.39 is 5.91 Å². The predicted molar refractivity (Wildman–Crippen MR) is 95.3 cm³/mol. The van der Waals surface area contributed by atoms with E-state index in [2.05, 4.69) is 20.4 Å².